The van der Waals surface area contributed by atoms with Crippen molar-refractivity contribution in [2.24, 2.45) is 11.7 Å². The van der Waals surface area contributed by atoms with Crippen LogP contribution in [-0.4, -0.2) is 55.6 Å². The molecule has 0 aromatic heterocycles. The van der Waals surface area contributed by atoms with Crippen molar-refractivity contribution in [3.63, 3.8) is 0 Å². The molecule has 0 radical (unpaired) electrons. The lowest BCUT2D eigenvalue weighted by Crippen LogP contribution is -2.57. The summed E-state index contributed by atoms with van der Waals surface area (Å²) in [5.41, 5.74) is 5.46. The van der Waals surface area contributed by atoms with E-state index in [0.29, 0.717) is 32.7 Å². The van der Waals surface area contributed by atoms with Crippen molar-refractivity contribution < 1.29 is 14.3 Å². The Morgan fingerprint density at radius 3 is 2.89 bits per heavy atom. The van der Waals surface area contributed by atoms with Crippen molar-refractivity contribution in [1.82, 2.24) is 10.2 Å². The summed E-state index contributed by atoms with van der Waals surface area (Å²) < 4.78 is 5.29. The third-order valence-corrected chi connectivity index (χ3v) is 3.09. The molecular weight excluding hydrogens is 234 g/mol. The lowest BCUT2D eigenvalue weighted by atomic mass is 10.0. The maximum absolute atomic E-state index is 12.2. The summed E-state index contributed by atoms with van der Waals surface area (Å²) in [6, 6.07) is -0.508. The average Bonchev–Trinajstić information content (AvgIpc) is 2.38. The minimum absolute atomic E-state index is 0.0139. The van der Waals surface area contributed by atoms with Gasteiger partial charge in [0.15, 0.2) is 0 Å². The molecule has 3 N–H and O–H groups in total. The van der Waals surface area contributed by atoms with Gasteiger partial charge in [-0.15, -0.1) is 0 Å². The van der Waals surface area contributed by atoms with Gasteiger partial charge in [-0.25, -0.2) is 0 Å². The standard InChI is InChI=1S/C12H23N3O3/c1-3-14-11(16)10-8-18-7-6-15(10)12(17)9(2)4-5-13/h9-10H,3-8,13H2,1-2H3,(H,14,16). The molecule has 0 saturated carbocycles. The van der Waals surface area contributed by atoms with Crippen LogP contribution < -0.4 is 11.1 Å². The Labute approximate surface area is 108 Å². The maximum atomic E-state index is 12.2. The third-order valence-electron chi connectivity index (χ3n) is 3.09. The quantitative estimate of drug-likeness (QED) is 0.684. The number of likely N-dealkylation sites (N-methyl/N-ethyl adjacent to an activating group) is 1. The summed E-state index contributed by atoms with van der Waals surface area (Å²) in [6.45, 7) is 5.95. The van der Waals surface area contributed by atoms with Gasteiger partial charge in [-0.2, -0.15) is 0 Å². The molecule has 2 atom stereocenters. The van der Waals surface area contributed by atoms with Crippen LogP contribution in [0, 0.1) is 5.92 Å². The predicted molar refractivity (Wildman–Crippen MR) is 67.8 cm³/mol. The summed E-state index contributed by atoms with van der Waals surface area (Å²) in [7, 11) is 0. The number of hydrogen-bond donors (Lipinski definition) is 2. The van der Waals surface area contributed by atoms with Crippen LogP contribution in [0.3, 0.4) is 0 Å². The van der Waals surface area contributed by atoms with E-state index in [1.165, 1.54) is 0 Å². The highest BCUT2D eigenvalue weighted by molar-refractivity contribution is 5.88. The van der Waals surface area contributed by atoms with Crippen LogP contribution in [0.1, 0.15) is 20.3 Å². The van der Waals surface area contributed by atoms with Gasteiger partial charge in [-0.1, -0.05) is 6.92 Å². The molecule has 6 heteroatoms. The van der Waals surface area contributed by atoms with Gasteiger partial charge in [0, 0.05) is 19.0 Å². The first-order valence-electron chi connectivity index (χ1n) is 6.47. The van der Waals surface area contributed by atoms with Crippen molar-refractivity contribution in [2.45, 2.75) is 26.3 Å². The molecule has 0 aliphatic carbocycles. The second-order valence-corrected chi connectivity index (χ2v) is 4.50. The zero-order chi connectivity index (χ0) is 13.5. The van der Waals surface area contributed by atoms with Gasteiger partial charge in [0.2, 0.25) is 11.8 Å². The predicted octanol–water partition coefficient (Wildman–Crippen LogP) is -0.665. The summed E-state index contributed by atoms with van der Waals surface area (Å²) in [5, 5.41) is 2.73. The van der Waals surface area contributed by atoms with Gasteiger partial charge in [-0.3, -0.25) is 9.59 Å². The fourth-order valence-corrected chi connectivity index (χ4v) is 2.03. The van der Waals surface area contributed by atoms with Crippen molar-refractivity contribution in [3.8, 4) is 0 Å². The largest absolute Gasteiger partial charge is 0.377 e. The van der Waals surface area contributed by atoms with Crippen LogP contribution in [-0.2, 0) is 14.3 Å². The number of carbonyl (C=O) groups is 2. The first-order chi connectivity index (χ1) is 8.61. The van der Waals surface area contributed by atoms with E-state index in [9.17, 15) is 9.59 Å². The fourth-order valence-electron chi connectivity index (χ4n) is 2.03. The van der Waals surface area contributed by atoms with Crippen LogP contribution in [0.25, 0.3) is 0 Å². The number of hydrogen-bond acceptors (Lipinski definition) is 4. The summed E-state index contributed by atoms with van der Waals surface area (Å²) in [6.07, 6.45) is 0.637. The molecule has 0 bridgehead atoms. The second kappa shape index (κ2) is 7.33. The summed E-state index contributed by atoms with van der Waals surface area (Å²) >= 11 is 0. The van der Waals surface area contributed by atoms with Crippen molar-refractivity contribution in [3.05, 3.63) is 0 Å². The Bertz CT molecular complexity index is 296. The number of morpholine rings is 1. The van der Waals surface area contributed by atoms with Crippen molar-refractivity contribution in [2.75, 3.05) is 32.8 Å². The molecule has 18 heavy (non-hydrogen) atoms. The molecule has 1 rings (SSSR count). The number of rotatable bonds is 5. The number of nitrogens with zero attached hydrogens (tertiary/aromatic N) is 1. The van der Waals surface area contributed by atoms with Gasteiger partial charge in [0.25, 0.3) is 0 Å². The van der Waals surface area contributed by atoms with E-state index in [1.54, 1.807) is 4.90 Å². The fraction of sp³-hybridized carbons (Fsp3) is 0.833. The van der Waals surface area contributed by atoms with Crippen LogP contribution in [0.4, 0.5) is 0 Å². The van der Waals surface area contributed by atoms with E-state index in [4.69, 9.17) is 10.5 Å². The Hall–Kier alpha value is -1.14. The van der Waals surface area contributed by atoms with E-state index in [0.717, 1.165) is 0 Å². The number of amides is 2. The van der Waals surface area contributed by atoms with Crippen molar-refractivity contribution >= 4 is 11.8 Å². The topological polar surface area (TPSA) is 84.7 Å². The zero-order valence-electron chi connectivity index (χ0n) is 11.1. The molecule has 2 amide bonds. The number of carbonyl (C=O) groups excluding carboxylic acids is 2. The lowest BCUT2D eigenvalue weighted by molar-refractivity contribution is -0.151. The lowest BCUT2D eigenvalue weighted by Gasteiger charge is -2.36. The molecule has 1 saturated heterocycles. The second-order valence-electron chi connectivity index (χ2n) is 4.50. The molecule has 0 aromatic rings. The highest BCUT2D eigenvalue weighted by Crippen LogP contribution is 2.13. The van der Waals surface area contributed by atoms with Crippen molar-refractivity contribution in [1.29, 1.82) is 0 Å². The molecule has 1 heterocycles. The SMILES string of the molecule is CCNC(=O)C1COCCN1C(=O)C(C)CCN. The third kappa shape index (κ3) is 3.68. The van der Waals surface area contributed by atoms with E-state index in [-0.39, 0.29) is 24.3 Å². The van der Waals surface area contributed by atoms with Crippen LogP contribution in [0.5, 0.6) is 0 Å². The molecule has 1 aliphatic heterocycles. The summed E-state index contributed by atoms with van der Waals surface area (Å²) in [5.74, 6) is -0.310. The van der Waals surface area contributed by atoms with Gasteiger partial charge in [-0.05, 0) is 19.9 Å². The number of nitrogens with one attached hydrogen (secondary N) is 1. The zero-order valence-corrected chi connectivity index (χ0v) is 11.1. The minimum atomic E-state index is -0.508. The Kier molecular flexibility index (Phi) is 6.07. The van der Waals surface area contributed by atoms with Gasteiger partial charge in [0.1, 0.15) is 6.04 Å². The minimum Gasteiger partial charge on any atom is -0.377 e. The molecule has 104 valence electrons. The normalized spacial score (nSPS) is 21.5. The highest BCUT2D eigenvalue weighted by Gasteiger charge is 2.34. The van der Waals surface area contributed by atoms with E-state index in [2.05, 4.69) is 5.32 Å². The molecule has 1 fully saturated rings. The van der Waals surface area contributed by atoms with E-state index >= 15 is 0 Å². The molecule has 1 aliphatic rings. The van der Waals surface area contributed by atoms with Crippen LogP contribution >= 0.6 is 0 Å². The van der Waals surface area contributed by atoms with E-state index in [1.807, 2.05) is 13.8 Å². The molecule has 2 unspecified atom stereocenters. The maximum Gasteiger partial charge on any atom is 0.245 e. The number of ether oxygens (including phenoxy) is 1. The molecule has 6 nitrogen and oxygen atoms in total. The summed E-state index contributed by atoms with van der Waals surface area (Å²) in [4.78, 5) is 25.7. The first-order valence-corrected chi connectivity index (χ1v) is 6.47. The van der Waals surface area contributed by atoms with E-state index < -0.39 is 6.04 Å². The smallest absolute Gasteiger partial charge is 0.245 e. The van der Waals surface area contributed by atoms with Crippen LogP contribution in [0.15, 0.2) is 0 Å². The molecule has 0 aromatic carbocycles. The average molecular weight is 257 g/mol. The Morgan fingerprint density at radius 1 is 1.56 bits per heavy atom. The Balaban J connectivity index is 2.69. The highest BCUT2D eigenvalue weighted by atomic mass is 16.5. The monoisotopic (exact) mass is 257 g/mol. The molecular formula is C12H23N3O3. The first kappa shape index (κ1) is 14.9. The van der Waals surface area contributed by atoms with Crippen LogP contribution in [0.2, 0.25) is 0 Å². The molecule has 0 spiro atoms. The Morgan fingerprint density at radius 2 is 2.28 bits per heavy atom. The van der Waals surface area contributed by atoms with Gasteiger partial charge in [0.05, 0.1) is 13.2 Å². The number of nitrogens with two attached hydrogens (primary N) is 1. The van der Waals surface area contributed by atoms with Gasteiger partial charge < -0.3 is 20.7 Å². The van der Waals surface area contributed by atoms with Gasteiger partial charge >= 0.3 is 0 Å².